The lowest BCUT2D eigenvalue weighted by molar-refractivity contribution is -0.192. The monoisotopic (exact) mass is 566 g/mol. The number of carbonyl (C=O) groups is 2. The summed E-state index contributed by atoms with van der Waals surface area (Å²) in [5.41, 5.74) is 3.56. The first kappa shape index (κ1) is 28.3. The molecule has 0 bridgehead atoms. The van der Waals surface area contributed by atoms with Gasteiger partial charge in [0.15, 0.2) is 11.6 Å². The lowest BCUT2D eigenvalue weighted by atomic mass is 9.94. The number of aromatic nitrogens is 1. The number of ether oxygens (including phenoxy) is 1. The van der Waals surface area contributed by atoms with Crippen LogP contribution in [0.25, 0.3) is 10.9 Å². The minimum Gasteiger partial charge on any atom is -0.477 e. The maximum absolute atomic E-state index is 15.6. The highest BCUT2D eigenvalue weighted by Gasteiger charge is 2.40. The van der Waals surface area contributed by atoms with Gasteiger partial charge < -0.3 is 35.5 Å². The van der Waals surface area contributed by atoms with Crippen molar-refractivity contribution in [2.75, 3.05) is 30.3 Å². The van der Waals surface area contributed by atoms with Crippen LogP contribution in [0.4, 0.5) is 37.7 Å². The standard InChI is InChI=1S/C21H23F3N4O4.C2HF3O2/c22-14-15(25)13-16(28(10-3-4-10)7-11(18(13)29)20(30)31)19(32-21(23)24)17(14)27-6-9-2-1-5-26-12(9)8-27;3-2(4,5)1(6)7/h7,9-10,12,21,26H,1-6,8,25H2,(H,30,31);(H,6,7)/t9-,12+;/m0./s1. The summed E-state index contributed by atoms with van der Waals surface area (Å²) in [6.07, 6.45) is -0.740. The van der Waals surface area contributed by atoms with Crippen molar-refractivity contribution in [1.82, 2.24) is 9.88 Å². The first-order chi connectivity index (χ1) is 18.2. The molecule has 1 aromatic heterocycles. The number of carboxylic acid groups (broad SMARTS) is 2. The summed E-state index contributed by atoms with van der Waals surface area (Å²) < 4.78 is 80.7. The van der Waals surface area contributed by atoms with Gasteiger partial charge in [0.2, 0.25) is 5.43 Å². The predicted molar refractivity (Wildman–Crippen MR) is 125 cm³/mol. The highest BCUT2D eigenvalue weighted by molar-refractivity contribution is 6.03. The van der Waals surface area contributed by atoms with Crippen LogP contribution in [-0.2, 0) is 4.79 Å². The number of aliphatic carboxylic acids is 1. The van der Waals surface area contributed by atoms with Gasteiger partial charge in [0, 0.05) is 31.4 Å². The zero-order valence-corrected chi connectivity index (χ0v) is 20.1. The number of nitrogens with zero attached hydrogens (tertiary/aromatic N) is 2. The van der Waals surface area contributed by atoms with Crippen molar-refractivity contribution in [3.05, 3.63) is 27.8 Å². The molecule has 39 heavy (non-hydrogen) atoms. The van der Waals surface area contributed by atoms with E-state index in [1.807, 2.05) is 0 Å². The van der Waals surface area contributed by atoms with Crippen molar-refractivity contribution in [2.24, 2.45) is 5.92 Å². The summed E-state index contributed by atoms with van der Waals surface area (Å²) in [5, 5.41) is 19.5. The van der Waals surface area contributed by atoms with Crippen molar-refractivity contribution in [3.63, 3.8) is 0 Å². The highest BCUT2D eigenvalue weighted by Crippen LogP contribution is 2.47. The second-order valence-electron chi connectivity index (χ2n) is 9.49. The Bertz CT molecular complexity index is 1350. The van der Waals surface area contributed by atoms with Crippen LogP contribution < -0.4 is 26.1 Å². The summed E-state index contributed by atoms with van der Waals surface area (Å²) in [4.78, 5) is 35.1. The number of aromatic carboxylic acids is 1. The number of piperidine rings is 1. The van der Waals surface area contributed by atoms with E-state index in [1.54, 1.807) is 4.90 Å². The van der Waals surface area contributed by atoms with Crippen molar-refractivity contribution in [1.29, 1.82) is 0 Å². The summed E-state index contributed by atoms with van der Waals surface area (Å²) in [6, 6.07) is -0.128. The molecular formula is C23H24F6N4O6. The first-order valence-corrected chi connectivity index (χ1v) is 11.9. The molecule has 0 spiro atoms. The third kappa shape index (κ3) is 5.55. The van der Waals surface area contributed by atoms with Crippen molar-refractivity contribution >= 4 is 34.2 Å². The van der Waals surface area contributed by atoms with Gasteiger partial charge in [-0.25, -0.2) is 14.0 Å². The van der Waals surface area contributed by atoms with Crippen LogP contribution in [0, 0.1) is 11.7 Å². The van der Waals surface area contributed by atoms with Gasteiger partial charge in [0.1, 0.15) is 11.3 Å². The molecule has 214 valence electrons. The van der Waals surface area contributed by atoms with E-state index < -0.39 is 58.4 Å². The van der Waals surface area contributed by atoms with Gasteiger partial charge in [0.25, 0.3) is 0 Å². The van der Waals surface area contributed by atoms with Crippen LogP contribution in [0.2, 0.25) is 0 Å². The van der Waals surface area contributed by atoms with Crippen LogP contribution in [0.15, 0.2) is 11.0 Å². The van der Waals surface area contributed by atoms with Crippen molar-refractivity contribution < 1.29 is 50.9 Å². The Morgan fingerprint density at radius 1 is 1.15 bits per heavy atom. The van der Waals surface area contributed by atoms with E-state index in [1.165, 1.54) is 4.57 Å². The van der Waals surface area contributed by atoms with Gasteiger partial charge in [-0.05, 0) is 38.1 Å². The van der Waals surface area contributed by atoms with Crippen LogP contribution >= 0.6 is 0 Å². The number of hydrogen-bond donors (Lipinski definition) is 4. The van der Waals surface area contributed by atoms with Crippen molar-refractivity contribution in [2.45, 2.75) is 50.6 Å². The molecule has 2 atom stereocenters. The number of carboxylic acids is 2. The molecule has 2 aromatic rings. The molecule has 5 N–H and O–H groups in total. The summed E-state index contributed by atoms with van der Waals surface area (Å²) >= 11 is 0. The van der Waals surface area contributed by atoms with E-state index >= 15 is 4.39 Å². The summed E-state index contributed by atoms with van der Waals surface area (Å²) in [6.45, 7) is -1.63. The number of fused-ring (bicyclic) bond motifs is 2. The molecular weight excluding hydrogens is 542 g/mol. The third-order valence-electron chi connectivity index (χ3n) is 6.91. The van der Waals surface area contributed by atoms with Gasteiger partial charge in [0.05, 0.1) is 16.6 Å². The van der Waals surface area contributed by atoms with E-state index in [9.17, 15) is 36.6 Å². The van der Waals surface area contributed by atoms with Crippen LogP contribution in [-0.4, -0.2) is 65.2 Å². The molecule has 3 heterocycles. The SMILES string of the molecule is Nc1c(F)c(N2C[C@@H]3CCCN[C@@H]3C2)c(OC(F)F)c2c1c(=O)c(C(=O)O)cn2C1CC1.O=C(O)C(F)(F)F. The fourth-order valence-electron chi connectivity index (χ4n) is 5.07. The number of halogens is 6. The molecule has 16 heteroatoms. The van der Waals surface area contributed by atoms with Crippen molar-refractivity contribution in [3.8, 4) is 5.75 Å². The second kappa shape index (κ2) is 10.5. The smallest absolute Gasteiger partial charge is 0.477 e. The zero-order valence-electron chi connectivity index (χ0n) is 20.1. The number of alkyl halides is 5. The van der Waals surface area contributed by atoms with Crippen LogP contribution in [0.5, 0.6) is 5.75 Å². The summed E-state index contributed by atoms with van der Waals surface area (Å²) in [7, 11) is 0. The number of anilines is 2. The molecule has 1 aliphatic carbocycles. The number of benzene rings is 1. The Labute approximate surface area is 215 Å². The lowest BCUT2D eigenvalue weighted by Gasteiger charge is -2.26. The van der Waals surface area contributed by atoms with Gasteiger partial charge in [-0.3, -0.25) is 4.79 Å². The summed E-state index contributed by atoms with van der Waals surface area (Å²) in [5.74, 6) is -5.55. The zero-order chi connectivity index (χ0) is 28.8. The Hall–Kier alpha value is -3.69. The number of pyridine rings is 1. The predicted octanol–water partition coefficient (Wildman–Crippen LogP) is 3.18. The first-order valence-electron chi connectivity index (χ1n) is 11.9. The minimum atomic E-state index is -5.08. The number of rotatable bonds is 5. The topological polar surface area (TPSA) is 147 Å². The highest BCUT2D eigenvalue weighted by atomic mass is 19.4. The van der Waals surface area contributed by atoms with Gasteiger partial charge in [-0.2, -0.15) is 22.0 Å². The average molecular weight is 566 g/mol. The number of nitrogen functional groups attached to an aromatic ring is 1. The Morgan fingerprint density at radius 2 is 1.79 bits per heavy atom. The third-order valence-corrected chi connectivity index (χ3v) is 6.91. The lowest BCUT2D eigenvalue weighted by Crippen LogP contribution is -2.40. The Morgan fingerprint density at radius 3 is 2.31 bits per heavy atom. The molecule has 2 aliphatic heterocycles. The van der Waals surface area contributed by atoms with Crippen LogP contribution in [0.3, 0.4) is 0 Å². The molecule has 3 fully saturated rings. The quantitative estimate of drug-likeness (QED) is 0.317. The van der Waals surface area contributed by atoms with Gasteiger partial charge >= 0.3 is 24.7 Å². The number of nitrogens with two attached hydrogens (primary N) is 1. The van der Waals surface area contributed by atoms with Gasteiger partial charge in [-0.1, -0.05) is 0 Å². The second-order valence-corrected chi connectivity index (χ2v) is 9.49. The van der Waals surface area contributed by atoms with E-state index in [0.717, 1.165) is 25.6 Å². The molecule has 3 aliphatic rings. The van der Waals surface area contributed by atoms with Gasteiger partial charge in [-0.15, -0.1) is 0 Å². The minimum absolute atomic E-state index is 0.0829. The number of hydrogen-bond acceptors (Lipinski definition) is 7. The molecule has 0 unspecified atom stereocenters. The molecule has 2 saturated heterocycles. The average Bonchev–Trinajstić information content (AvgIpc) is 3.59. The molecule has 0 radical (unpaired) electrons. The Kier molecular flexibility index (Phi) is 7.60. The fourth-order valence-corrected chi connectivity index (χ4v) is 5.07. The van der Waals surface area contributed by atoms with Crippen LogP contribution in [0.1, 0.15) is 42.1 Å². The molecule has 0 amide bonds. The Balaban J connectivity index is 0.000000448. The fraction of sp³-hybridized carbons (Fsp3) is 0.522. The molecule has 5 rings (SSSR count). The maximum Gasteiger partial charge on any atom is 0.490 e. The maximum atomic E-state index is 15.6. The largest absolute Gasteiger partial charge is 0.490 e. The van der Waals surface area contributed by atoms with E-state index in [2.05, 4.69) is 5.32 Å². The van der Waals surface area contributed by atoms with E-state index in [0.29, 0.717) is 25.9 Å². The van der Waals surface area contributed by atoms with E-state index in [-0.39, 0.29) is 29.2 Å². The molecule has 10 nitrogen and oxygen atoms in total. The molecule has 1 saturated carbocycles. The van der Waals surface area contributed by atoms with E-state index in [4.69, 9.17) is 20.4 Å². The molecule has 1 aromatic carbocycles. The normalized spacial score (nSPS) is 20.9. The number of nitrogens with one attached hydrogen (secondary N) is 1.